The highest BCUT2D eigenvalue weighted by atomic mass is 17.0. The van der Waals surface area contributed by atoms with Crippen molar-refractivity contribution >= 4 is 23.6 Å². The molecule has 11 nitrogen and oxygen atoms in total. The van der Waals surface area contributed by atoms with Gasteiger partial charge in [-0.25, -0.2) is 10.5 Å². The van der Waals surface area contributed by atoms with Gasteiger partial charge in [0.1, 0.15) is 0 Å². The summed E-state index contributed by atoms with van der Waals surface area (Å²) in [7, 11) is 0. The standard InChI is InChI=1S/C13H24N4O7/c1-3-9-16(22)12(20)7-6-11(19)15-24-17(23)13(21)8-5-10(18)14-4-2/h22-23H,3-9H2,1-2H3,(H,14,18)(H,15,19). The van der Waals surface area contributed by atoms with E-state index in [0.717, 1.165) is 0 Å². The largest absolute Gasteiger partial charge is 0.356 e. The Morgan fingerprint density at radius 2 is 1.50 bits per heavy atom. The summed E-state index contributed by atoms with van der Waals surface area (Å²) >= 11 is 0. The number of rotatable bonds is 11. The van der Waals surface area contributed by atoms with Gasteiger partial charge in [-0.15, -0.1) is 4.94 Å². The molecule has 0 unspecified atom stereocenters. The van der Waals surface area contributed by atoms with Crippen LogP contribution in [0.5, 0.6) is 0 Å². The lowest BCUT2D eigenvalue weighted by Gasteiger charge is -2.15. The maximum Gasteiger partial charge on any atom is 0.276 e. The monoisotopic (exact) mass is 348 g/mol. The van der Waals surface area contributed by atoms with Gasteiger partial charge < -0.3 is 5.32 Å². The van der Waals surface area contributed by atoms with Crippen LogP contribution in [0.4, 0.5) is 0 Å². The molecule has 0 saturated heterocycles. The maximum absolute atomic E-state index is 11.4. The molecule has 0 rings (SSSR count). The molecule has 0 heterocycles. The fraction of sp³-hybridized carbons (Fsp3) is 0.692. The van der Waals surface area contributed by atoms with Gasteiger partial charge in [-0.2, -0.15) is 0 Å². The molecule has 11 heteroatoms. The molecule has 0 spiro atoms. The van der Waals surface area contributed by atoms with Gasteiger partial charge in [0.15, 0.2) is 0 Å². The van der Waals surface area contributed by atoms with Gasteiger partial charge in [0.05, 0.1) is 0 Å². The third-order valence-corrected chi connectivity index (χ3v) is 2.69. The van der Waals surface area contributed by atoms with Crippen molar-refractivity contribution in [3.05, 3.63) is 0 Å². The predicted molar refractivity (Wildman–Crippen MR) is 78.8 cm³/mol. The molecule has 4 N–H and O–H groups in total. The second-order valence-corrected chi connectivity index (χ2v) is 4.75. The Morgan fingerprint density at radius 3 is 2.08 bits per heavy atom. The van der Waals surface area contributed by atoms with Gasteiger partial charge in [0.2, 0.25) is 17.7 Å². The van der Waals surface area contributed by atoms with E-state index in [1.165, 1.54) is 0 Å². The molecular formula is C13H24N4O7. The van der Waals surface area contributed by atoms with Crippen LogP contribution in [0.15, 0.2) is 0 Å². The molecule has 0 atom stereocenters. The zero-order valence-electron chi connectivity index (χ0n) is 13.8. The van der Waals surface area contributed by atoms with E-state index in [9.17, 15) is 29.6 Å². The minimum absolute atomic E-state index is 0.140. The van der Waals surface area contributed by atoms with E-state index in [1.807, 2.05) is 0 Å². The van der Waals surface area contributed by atoms with Crippen molar-refractivity contribution in [2.45, 2.75) is 46.0 Å². The summed E-state index contributed by atoms with van der Waals surface area (Å²) in [5.41, 5.74) is 1.77. The summed E-state index contributed by atoms with van der Waals surface area (Å²) in [5.74, 6) is -2.70. The van der Waals surface area contributed by atoms with Crippen LogP contribution < -0.4 is 10.8 Å². The van der Waals surface area contributed by atoms with Crippen molar-refractivity contribution < 1.29 is 34.5 Å². The highest BCUT2D eigenvalue weighted by Crippen LogP contribution is 1.98. The molecule has 4 amide bonds. The van der Waals surface area contributed by atoms with Crippen LogP contribution in [0.2, 0.25) is 0 Å². The van der Waals surface area contributed by atoms with E-state index in [0.29, 0.717) is 18.0 Å². The van der Waals surface area contributed by atoms with Crippen LogP contribution in [0.1, 0.15) is 46.0 Å². The highest BCUT2D eigenvalue weighted by Gasteiger charge is 2.16. The van der Waals surface area contributed by atoms with Gasteiger partial charge in [0.25, 0.3) is 5.91 Å². The molecule has 0 aromatic rings. The van der Waals surface area contributed by atoms with Gasteiger partial charge in [-0.3, -0.25) is 29.6 Å². The Balaban J connectivity index is 3.98. The van der Waals surface area contributed by atoms with Crippen LogP contribution in [0, 0.1) is 0 Å². The zero-order chi connectivity index (χ0) is 18.5. The highest BCUT2D eigenvalue weighted by molar-refractivity contribution is 5.83. The van der Waals surface area contributed by atoms with Gasteiger partial charge in [-0.1, -0.05) is 12.2 Å². The van der Waals surface area contributed by atoms with E-state index in [2.05, 4.69) is 10.3 Å². The number of hydrogen-bond acceptors (Lipinski definition) is 7. The number of hydrogen-bond donors (Lipinski definition) is 4. The predicted octanol–water partition coefficient (Wildman–Crippen LogP) is -0.509. The molecule has 138 valence electrons. The summed E-state index contributed by atoms with van der Waals surface area (Å²) in [6, 6.07) is 0. The molecule has 0 bridgehead atoms. The molecule has 24 heavy (non-hydrogen) atoms. The summed E-state index contributed by atoms with van der Waals surface area (Å²) in [6.45, 7) is 4.07. The van der Waals surface area contributed by atoms with Gasteiger partial charge >= 0.3 is 0 Å². The van der Waals surface area contributed by atoms with Crippen molar-refractivity contribution in [2.75, 3.05) is 13.1 Å². The number of carbonyl (C=O) groups excluding carboxylic acids is 4. The van der Waals surface area contributed by atoms with Crippen LogP contribution in [0.25, 0.3) is 0 Å². The van der Waals surface area contributed by atoms with E-state index < -0.39 is 17.7 Å². The molecule has 0 aliphatic rings. The van der Waals surface area contributed by atoms with Crippen molar-refractivity contribution in [1.29, 1.82) is 0 Å². The van der Waals surface area contributed by atoms with Gasteiger partial charge in [0, 0.05) is 38.8 Å². The number of nitrogens with zero attached hydrogens (tertiary/aromatic N) is 2. The SMILES string of the molecule is CCCN(O)C(=O)CCC(=O)NON(O)C(=O)CCC(=O)NCC. The Bertz CT molecular complexity index is 444. The lowest BCUT2D eigenvalue weighted by Crippen LogP contribution is -2.38. The second-order valence-electron chi connectivity index (χ2n) is 4.75. The van der Waals surface area contributed by atoms with E-state index in [1.54, 1.807) is 19.3 Å². The van der Waals surface area contributed by atoms with Crippen LogP contribution in [-0.4, -0.2) is 57.4 Å². The Kier molecular flexibility index (Phi) is 11.1. The molecule has 0 fully saturated rings. The Morgan fingerprint density at radius 1 is 0.917 bits per heavy atom. The number of amides is 4. The van der Waals surface area contributed by atoms with Crippen molar-refractivity contribution in [2.24, 2.45) is 0 Å². The first-order valence-electron chi connectivity index (χ1n) is 7.55. The lowest BCUT2D eigenvalue weighted by molar-refractivity contribution is -0.338. The first kappa shape index (κ1) is 21.8. The van der Waals surface area contributed by atoms with E-state index in [4.69, 9.17) is 0 Å². The smallest absolute Gasteiger partial charge is 0.276 e. The third-order valence-electron chi connectivity index (χ3n) is 2.69. The summed E-state index contributed by atoms with van der Waals surface area (Å²) in [4.78, 5) is 49.7. The Hall–Kier alpha value is -2.24. The van der Waals surface area contributed by atoms with Crippen molar-refractivity contribution in [3.63, 3.8) is 0 Å². The molecule has 0 aliphatic carbocycles. The van der Waals surface area contributed by atoms with Crippen LogP contribution >= 0.6 is 0 Å². The number of carbonyl (C=O) groups is 4. The molecule has 0 saturated carbocycles. The van der Waals surface area contributed by atoms with Crippen molar-refractivity contribution in [3.8, 4) is 0 Å². The fourth-order valence-corrected chi connectivity index (χ4v) is 1.48. The van der Waals surface area contributed by atoms with Crippen molar-refractivity contribution in [1.82, 2.24) is 21.1 Å². The Labute approximate surface area is 139 Å². The minimum Gasteiger partial charge on any atom is -0.356 e. The first-order valence-corrected chi connectivity index (χ1v) is 7.55. The summed E-state index contributed by atoms with van der Waals surface area (Å²) in [6.07, 6.45) is -0.454. The minimum atomic E-state index is -0.929. The normalized spacial score (nSPS) is 10.0. The zero-order valence-corrected chi connectivity index (χ0v) is 13.8. The van der Waals surface area contributed by atoms with E-state index in [-0.39, 0.29) is 43.4 Å². The van der Waals surface area contributed by atoms with Gasteiger partial charge in [-0.05, 0) is 13.3 Å². The summed E-state index contributed by atoms with van der Waals surface area (Å²) in [5, 5.41) is 21.3. The molecular weight excluding hydrogens is 324 g/mol. The number of hydroxylamine groups is 5. The summed E-state index contributed by atoms with van der Waals surface area (Å²) < 4.78 is 0. The second kappa shape index (κ2) is 12.2. The quantitative estimate of drug-likeness (QED) is 0.290. The van der Waals surface area contributed by atoms with E-state index >= 15 is 0 Å². The number of nitrogens with one attached hydrogen (secondary N) is 2. The first-order chi connectivity index (χ1) is 11.3. The van der Waals surface area contributed by atoms with Crippen LogP contribution in [0.3, 0.4) is 0 Å². The maximum atomic E-state index is 11.4. The lowest BCUT2D eigenvalue weighted by atomic mass is 10.3. The topological polar surface area (TPSA) is 149 Å². The average Bonchev–Trinajstić information content (AvgIpc) is 2.55. The molecule has 0 aliphatic heterocycles. The molecule has 0 radical (unpaired) electrons. The third kappa shape index (κ3) is 9.71. The fourth-order valence-electron chi connectivity index (χ4n) is 1.48. The molecule has 0 aromatic carbocycles. The van der Waals surface area contributed by atoms with Crippen LogP contribution in [-0.2, 0) is 24.1 Å². The average molecular weight is 348 g/mol. The molecule has 0 aromatic heterocycles.